The first-order chi connectivity index (χ1) is 5.69. The van der Waals surface area contributed by atoms with Crippen molar-refractivity contribution in [3.63, 3.8) is 0 Å². The number of rotatable bonds is 2. The van der Waals surface area contributed by atoms with Crippen molar-refractivity contribution in [1.29, 1.82) is 0 Å². The number of cyclic esters (lactones) is 1. The van der Waals surface area contributed by atoms with Crippen LogP contribution in [-0.2, 0) is 9.53 Å². The first kappa shape index (κ1) is 10.0. The van der Waals surface area contributed by atoms with Crippen molar-refractivity contribution >= 4 is 28.6 Å². The molecular weight excluding hydrogens is 267 g/mol. The molecule has 68 valence electrons. The summed E-state index contributed by atoms with van der Waals surface area (Å²) in [6.07, 6.45) is 3.64. The van der Waals surface area contributed by atoms with Gasteiger partial charge in [0.2, 0.25) is 0 Å². The molecule has 0 aromatic carbocycles. The minimum absolute atomic E-state index is 0.0353. The monoisotopic (exact) mass is 280 g/mol. The number of hydrogen-bond donors (Lipinski definition) is 0. The lowest BCUT2D eigenvalue weighted by Gasteiger charge is -2.14. The number of ether oxygens (including phenoxy) is 1. The Hall–Kier alpha value is -0.0600. The summed E-state index contributed by atoms with van der Waals surface area (Å²) in [4.78, 5) is 11.0. The fourth-order valence-corrected chi connectivity index (χ4v) is 2.05. The van der Waals surface area contributed by atoms with Crippen molar-refractivity contribution in [3.8, 4) is 0 Å². The number of hydrogen-bond acceptors (Lipinski definition) is 2. The van der Waals surface area contributed by atoms with E-state index < -0.39 is 0 Å². The third kappa shape index (κ3) is 2.00. The first-order valence-corrected chi connectivity index (χ1v) is 5.28. The van der Waals surface area contributed by atoms with Crippen molar-refractivity contribution in [2.24, 2.45) is 5.92 Å². The molecule has 0 radical (unpaired) electrons. The molecule has 0 aliphatic carbocycles. The Balaban J connectivity index is 2.70. The second-order valence-electron chi connectivity index (χ2n) is 2.96. The molecule has 1 rings (SSSR count). The van der Waals surface area contributed by atoms with E-state index in [1.54, 1.807) is 0 Å². The average Bonchev–Trinajstić information content (AvgIpc) is 2.45. The highest BCUT2D eigenvalue weighted by molar-refractivity contribution is 14.1. The molecule has 12 heavy (non-hydrogen) atoms. The summed E-state index contributed by atoms with van der Waals surface area (Å²) in [6, 6.07) is 0. The summed E-state index contributed by atoms with van der Waals surface area (Å²) < 4.78 is 6.35. The fraction of sp³-hybridized carbons (Fsp3) is 0.667. The van der Waals surface area contributed by atoms with Gasteiger partial charge in [-0.25, -0.2) is 0 Å². The fourth-order valence-electron chi connectivity index (χ4n) is 1.41. The Morgan fingerprint density at radius 2 is 2.50 bits per heavy atom. The average molecular weight is 280 g/mol. The van der Waals surface area contributed by atoms with Gasteiger partial charge in [-0.05, 0) is 35.9 Å². The highest BCUT2D eigenvalue weighted by atomic mass is 127. The number of allylic oxidation sites excluding steroid dienone is 1. The van der Waals surface area contributed by atoms with Crippen molar-refractivity contribution < 1.29 is 9.53 Å². The highest BCUT2D eigenvalue weighted by Crippen LogP contribution is 2.32. The van der Waals surface area contributed by atoms with E-state index in [2.05, 4.69) is 29.5 Å². The largest absolute Gasteiger partial charge is 0.457 e. The molecule has 1 heterocycles. The Morgan fingerprint density at radius 3 is 3.00 bits per heavy atom. The zero-order chi connectivity index (χ0) is 9.14. The van der Waals surface area contributed by atoms with Gasteiger partial charge < -0.3 is 4.74 Å². The number of esters is 1. The molecule has 0 amide bonds. The van der Waals surface area contributed by atoms with Crippen LogP contribution in [0.25, 0.3) is 0 Å². The smallest absolute Gasteiger partial charge is 0.306 e. The summed E-state index contributed by atoms with van der Waals surface area (Å²) in [7, 11) is 0. The lowest BCUT2D eigenvalue weighted by molar-refractivity contribution is -0.140. The van der Waals surface area contributed by atoms with E-state index in [1.165, 1.54) is 0 Å². The van der Waals surface area contributed by atoms with Gasteiger partial charge in [0.1, 0.15) is 6.10 Å². The van der Waals surface area contributed by atoms with Gasteiger partial charge in [0.05, 0.1) is 6.42 Å². The summed E-state index contributed by atoms with van der Waals surface area (Å²) in [6.45, 7) is 4.07. The maximum Gasteiger partial charge on any atom is 0.306 e. The van der Waals surface area contributed by atoms with Crippen LogP contribution in [0.5, 0.6) is 0 Å². The summed E-state index contributed by atoms with van der Waals surface area (Å²) >= 11 is 2.24. The number of halogens is 1. The lowest BCUT2D eigenvalue weighted by Crippen LogP contribution is -2.15. The van der Waals surface area contributed by atoms with E-state index in [4.69, 9.17) is 4.74 Å². The van der Waals surface area contributed by atoms with Crippen molar-refractivity contribution in [2.75, 3.05) is 0 Å². The van der Waals surface area contributed by atoms with Gasteiger partial charge in [0.15, 0.2) is 0 Å². The number of carbonyl (C=O) groups excluding carboxylic acids is 1. The minimum Gasteiger partial charge on any atom is -0.457 e. The van der Waals surface area contributed by atoms with Crippen LogP contribution in [0.1, 0.15) is 26.7 Å². The van der Waals surface area contributed by atoms with E-state index in [-0.39, 0.29) is 12.1 Å². The van der Waals surface area contributed by atoms with E-state index in [1.807, 2.05) is 13.0 Å². The first-order valence-electron chi connectivity index (χ1n) is 4.20. The summed E-state index contributed by atoms with van der Waals surface area (Å²) in [5.41, 5.74) is 0. The minimum atomic E-state index is -0.0529. The maximum atomic E-state index is 11.0. The van der Waals surface area contributed by atoms with Crippen molar-refractivity contribution in [3.05, 3.63) is 9.66 Å². The maximum absolute atomic E-state index is 11.0. The Kier molecular flexibility index (Phi) is 3.55. The molecule has 1 saturated heterocycles. The van der Waals surface area contributed by atoms with E-state index in [9.17, 15) is 4.79 Å². The molecule has 0 spiro atoms. The van der Waals surface area contributed by atoms with Crippen LogP contribution in [0.15, 0.2) is 9.66 Å². The van der Waals surface area contributed by atoms with Crippen LogP contribution in [0.2, 0.25) is 0 Å². The van der Waals surface area contributed by atoms with Crippen molar-refractivity contribution in [1.82, 2.24) is 0 Å². The van der Waals surface area contributed by atoms with Gasteiger partial charge in [0.25, 0.3) is 0 Å². The lowest BCUT2D eigenvalue weighted by atomic mass is 9.98. The van der Waals surface area contributed by atoms with Gasteiger partial charge in [-0.2, -0.15) is 0 Å². The molecular formula is C9H13IO2. The highest BCUT2D eigenvalue weighted by Gasteiger charge is 2.34. The topological polar surface area (TPSA) is 26.3 Å². The molecule has 2 nitrogen and oxygen atoms in total. The molecule has 0 N–H and O–H groups in total. The van der Waals surface area contributed by atoms with Gasteiger partial charge in [-0.3, -0.25) is 4.79 Å². The molecule has 0 aromatic heterocycles. The molecule has 1 aliphatic rings. The summed E-state index contributed by atoms with van der Waals surface area (Å²) in [5, 5.41) is 0. The molecule has 3 heteroatoms. The van der Waals surface area contributed by atoms with Crippen LogP contribution in [-0.4, -0.2) is 12.1 Å². The molecule has 0 unspecified atom stereocenters. The zero-order valence-electron chi connectivity index (χ0n) is 7.34. The second kappa shape index (κ2) is 4.25. The molecule has 1 aliphatic heterocycles. The molecule has 1 fully saturated rings. The Labute approximate surface area is 86.5 Å². The SMILES string of the molecule is C/C=C(\I)[C@@H]1OC(=O)C[C@H]1CC. The quantitative estimate of drug-likeness (QED) is 0.574. The van der Waals surface area contributed by atoms with E-state index in [0.29, 0.717) is 12.3 Å². The zero-order valence-corrected chi connectivity index (χ0v) is 9.50. The third-order valence-electron chi connectivity index (χ3n) is 2.19. The summed E-state index contributed by atoms with van der Waals surface area (Å²) in [5.74, 6) is 0.337. The standard InChI is InChI=1S/C9H13IO2/c1-3-6-5-8(11)12-9(6)7(10)4-2/h4,6,9H,3,5H2,1-2H3/b7-4-/t6-,9-/m1/s1. The van der Waals surface area contributed by atoms with Crippen LogP contribution in [0.3, 0.4) is 0 Å². The Morgan fingerprint density at radius 1 is 1.83 bits per heavy atom. The Bertz CT molecular complexity index is 211. The van der Waals surface area contributed by atoms with Crippen LogP contribution in [0.4, 0.5) is 0 Å². The van der Waals surface area contributed by atoms with Crippen LogP contribution >= 0.6 is 22.6 Å². The predicted octanol–water partition coefficient (Wildman–Crippen LogP) is 2.67. The van der Waals surface area contributed by atoms with Gasteiger partial charge in [0, 0.05) is 9.50 Å². The third-order valence-corrected chi connectivity index (χ3v) is 3.42. The molecule has 0 aromatic rings. The van der Waals surface area contributed by atoms with Gasteiger partial charge >= 0.3 is 5.97 Å². The number of carbonyl (C=O) groups is 1. The van der Waals surface area contributed by atoms with E-state index >= 15 is 0 Å². The van der Waals surface area contributed by atoms with Gasteiger partial charge in [-0.15, -0.1) is 0 Å². The second-order valence-corrected chi connectivity index (χ2v) is 4.20. The molecule has 2 atom stereocenters. The van der Waals surface area contributed by atoms with Crippen LogP contribution in [0, 0.1) is 5.92 Å². The van der Waals surface area contributed by atoms with Gasteiger partial charge in [-0.1, -0.05) is 13.0 Å². The normalized spacial score (nSPS) is 30.6. The van der Waals surface area contributed by atoms with E-state index in [0.717, 1.165) is 10.0 Å². The molecule has 0 saturated carbocycles. The van der Waals surface area contributed by atoms with Crippen molar-refractivity contribution in [2.45, 2.75) is 32.8 Å². The van der Waals surface area contributed by atoms with Crippen LogP contribution < -0.4 is 0 Å². The predicted molar refractivity (Wildman–Crippen MR) is 56.1 cm³/mol. The molecule has 0 bridgehead atoms.